The molecule has 0 unspecified atom stereocenters. The van der Waals surface area contributed by atoms with E-state index in [2.05, 4.69) is 5.32 Å². The van der Waals surface area contributed by atoms with Gasteiger partial charge >= 0.3 is 6.18 Å². The monoisotopic (exact) mass is 455 g/mol. The average Bonchev–Trinajstić information content (AvgIpc) is 3.46. The maximum absolute atomic E-state index is 13.8. The third-order valence-electron chi connectivity index (χ3n) is 7.58. The number of aryl methyl sites for hydroxylation is 1. The van der Waals surface area contributed by atoms with Gasteiger partial charge in [0.15, 0.2) is 0 Å². The van der Waals surface area contributed by atoms with Crippen LogP contribution in [0.15, 0.2) is 42.5 Å². The van der Waals surface area contributed by atoms with Crippen LogP contribution in [-0.4, -0.2) is 35.2 Å². The van der Waals surface area contributed by atoms with Crippen LogP contribution in [0.2, 0.25) is 0 Å². The summed E-state index contributed by atoms with van der Waals surface area (Å²) in [5, 5.41) is 2.89. The van der Waals surface area contributed by atoms with Gasteiger partial charge in [0.25, 0.3) is 0 Å². The van der Waals surface area contributed by atoms with Crippen molar-refractivity contribution in [3.63, 3.8) is 0 Å². The van der Waals surface area contributed by atoms with Crippen molar-refractivity contribution in [2.24, 2.45) is 11.8 Å². The molecule has 9 heteroatoms. The van der Waals surface area contributed by atoms with Gasteiger partial charge < -0.3 is 5.32 Å². The van der Waals surface area contributed by atoms with E-state index in [9.17, 15) is 27.6 Å². The molecule has 1 N–H and O–H groups in total. The molecule has 4 atom stereocenters. The molecule has 4 heterocycles. The topological polar surface area (TPSA) is 69.7 Å². The number of imide groups is 1. The Bertz CT molecular complexity index is 1240. The highest BCUT2D eigenvalue weighted by molar-refractivity contribution is 6.25. The maximum Gasteiger partial charge on any atom is 0.416 e. The second-order valence-electron chi connectivity index (χ2n) is 9.24. The summed E-state index contributed by atoms with van der Waals surface area (Å²) in [7, 11) is 0. The third kappa shape index (κ3) is 2.45. The minimum absolute atomic E-state index is 0.114. The lowest BCUT2D eigenvalue weighted by Gasteiger charge is -2.36. The molecule has 4 aliphatic rings. The molecule has 6 rings (SSSR count). The lowest BCUT2D eigenvalue weighted by molar-refractivity contribution is -0.137. The molecule has 170 valence electrons. The number of benzene rings is 2. The standard InChI is InChI=1S/C24H20F3N3O3/c1-12-7-8-16-15(10-12)23(22(33)28-16)19-18(17-6-3-9-29(17)23)20(31)30(21(19)32)14-5-2-4-13(11-14)24(25,26)27/h2,4-5,7-8,10-11,17-19H,3,6,9H2,1H3,(H,28,33)/t17-,18-,19-,23+/m0/s1. The largest absolute Gasteiger partial charge is 0.416 e. The van der Waals surface area contributed by atoms with Gasteiger partial charge in [0.2, 0.25) is 17.7 Å². The molecule has 0 radical (unpaired) electrons. The first kappa shape index (κ1) is 20.4. The van der Waals surface area contributed by atoms with E-state index in [0.29, 0.717) is 24.2 Å². The molecule has 0 aromatic heterocycles. The number of hydrogen-bond acceptors (Lipinski definition) is 4. The van der Waals surface area contributed by atoms with Crippen LogP contribution in [0, 0.1) is 18.8 Å². The summed E-state index contributed by atoms with van der Waals surface area (Å²) in [5.41, 5.74) is -0.203. The molecule has 6 nitrogen and oxygen atoms in total. The second kappa shape index (κ2) is 6.44. The molecule has 33 heavy (non-hydrogen) atoms. The van der Waals surface area contributed by atoms with Gasteiger partial charge in [0.1, 0.15) is 5.54 Å². The summed E-state index contributed by atoms with van der Waals surface area (Å²) in [6.45, 7) is 2.46. The fraction of sp³-hybridized carbons (Fsp3) is 0.375. The molecule has 3 saturated heterocycles. The van der Waals surface area contributed by atoms with Gasteiger partial charge in [-0.25, -0.2) is 4.90 Å². The van der Waals surface area contributed by atoms with Gasteiger partial charge in [-0.05, 0) is 50.6 Å². The number of halogens is 3. The average molecular weight is 455 g/mol. The van der Waals surface area contributed by atoms with E-state index < -0.39 is 40.9 Å². The van der Waals surface area contributed by atoms with E-state index in [1.54, 1.807) is 6.07 Å². The number of hydrogen-bond donors (Lipinski definition) is 1. The first-order valence-corrected chi connectivity index (χ1v) is 10.9. The summed E-state index contributed by atoms with van der Waals surface area (Å²) in [6.07, 6.45) is -3.19. The minimum atomic E-state index is -4.61. The summed E-state index contributed by atoms with van der Waals surface area (Å²) >= 11 is 0. The van der Waals surface area contributed by atoms with Crippen molar-refractivity contribution in [2.45, 2.75) is 37.5 Å². The summed E-state index contributed by atoms with van der Waals surface area (Å²) in [5.74, 6) is -3.29. The molecule has 0 saturated carbocycles. The molecular formula is C24H20F3N3O3. The lowest BCUT2D eigenvalue weighted by Crippen LogP contribution is -2.54. The number of amides is 3. The Morgan fingerprint density at radius 2 is 1.85 bits per heavy atom. The van der Waals surface area contributed by atoms with E-state index in [1.807, 2.05) is 24.0 Å². The minimum Gasteiger partial charge on any atom is -0.324 e. The Morgan fingerprint density at radius 3 is 2.61 bits per heavy atom. The normalized spacial score (nSPS) is 30.7. The number of fused-ring (bicyclic) bond motifs is 7. The van der Waals surface area contributed by atoms with Gasteiger partial charge in [-0.1, -0.05) is 23.8 Å². The number of alkyl halides is 3. The van der Waals surface area contributed by atoms with Crippen LogP contribution in [0.4, 0.5) is 24.5 Å². The van der Waals surface area contributed by atoms with Crippen molar-refractivity contribution >= 4 is 29.1 Å². The number of carbonyl (C=O) groups is 3. The Morgan fingerprint density at radius 1 is 1.06 bits per heavy atom. The molecular weight excluding hydrogens is 435 g/mol. The van der Waals surface area contributed by atoms with Crippen LogP contribution in [-0.2, 0) is 26.1 Å². The van der Waals surface area contributed by atoms with Crippen molar-refractivity contribution in [1.29, 1.82) is 0 Å². The predicted octanol–water partition coefficient (Wildman–Crippen LogP) is 3.45. The third-order valence-corrected chi connectivity index (χ3v) is 7.58. The molecule has 2 aromatic rings. The van der Waals surface area contributed by atoms with Crippen molar-refractivity contribution in [2.75, 3.05) is 16.8 Å². The van der Waals surface area contributed by atoms with Gasteiger partial charge in [-0.15, -0.1) is 0 Å². The molecule has 2 aromatic carbocycles. The first-order chi connectivity index (χ1) is 15.7. The molecule has 0 bridgehead atoms. The number of nitrogens with one attached hydrogen (secondary N) is 1. The fourth-order valence-corrected chi connectivity index (χ4v) is 6.39. The van der Waals surface area contributed by atoms with Crippen LogP contribution in [0.3, 0.4) is 0 Å². The van der Waals surface area contributed by atoms with Crippen LogP contribution in [0.1, 0.15) is 29.5 Å². The SMILES string of the molecule is Cc1ccc2c(c1)[C@]1(C(=O)N2)[C@@H]2C(=O)N(c3cccc(C(F)(F)F)c3)C(=O)[C@H]2[C@@H]2CCCN21. The Balaban J connectivity index is 1.53. The highest BCUT2D eigenvalue weighted by Crippen LogP contribution is 2.60. The summed E-state index contributed by atoms with van der Waals surface area (Å²) in [6, 6.07) is 9.45. The van der Waals surface area contributed by atoms with Gasteiger partial charge in [0, 0.05) is 17.3 Å². The van der Waals surface area contributed by atoms with Crippen molar-refractivity contribution in [1.82, 2.24) is 4.90 Å². The van der Waals surface area contributed by atoms with Gasteiger partial charge in [-0.3, -0.25) is 19.3 Å². The number of rotatable bonds is 1. The van der Waals surface area contributed by atoms with E-state index in [4.69, 9.17) is 0 Å². The van der Waals surface area contributed by atoms with Crippen molar-refractivity contribution in [3.8, 4) is 0 Å². The Hall–Kier alpha value is -3.20. The highest BCUT2D eigenvalue weighted by atomic mass is 19.4. The summed E-state index contributed by atoms with van der Waals surface area (Å²) in [4.78, 5) is 43.8. The highest BCUT2D eigenvalue weighted by Gasteiger charge is 2.74. The number of nitrogens with zero attached hydrogens (tertiary/aromatic N) is 2. The fourth-order valence-electron chi connectivity index (χ4n) is 6.39. The quantitative estimate of drug-likeness (QED) is 0.669. The first-order valence-electron chi connectivity index (χ1n) is 10.9. The summed E-state index contributed by atoms with van der Waals surface area (Å²) < 4.78 is 39.9. The van der Waals surface area contributed by atoms with E-state index in [1.165, 1.54) is 12.1 Å². The van der Waals surface area contributed by atoms with Crippen molar-refractivity contribution < 1.29 is 27.6 Å². The second-order valence-corrected chi connectivity index (χ2v) is 9.24. The molecule has 4 aliphatic heterocycles. The van der Waals surface area contributed by atoms with E-state index in [0.717, 1.165) is 29.0 Å². The van der Waals surface area contributed by atoms with Crippen LogP contribution < -0.4 is 10.2 Å². The van der Waals surface area contributed by atoms with Gasteiger partial charge in [-0.2, -0.15) is 13.2 Å². The zero-order chi connectivity index (χ0) is 23.3. The molecule has 0 aliphatic carbocycles. The molecule has 1 spiro atoms. The maximum atomic E-state index is 13.8. The zero-order valence-electron chi connectivity index (χ0n) is 17.6. The van der Waals surface area contributed by atoms with Crippen LogP contribution in [0.25, 0.3) is 0 Å². The Labute approximate surface area is 187 Å². The zero-order valence-corrected chi connectivity index (χ0v) is 17.6. The molecule has 3 amide bonds. The van der Waals surface area contributed by atoms with Crippen molar-refractivity contribution in [3.05, 3.63) is 59.2 Å². The van der Waals surface area contributed by atoms with Crippen LogP contribution in [0.5, 0.6) is 0 Å². The van der Waals surface area contributed by atoms with E-state index in [-0.39, 0.29) is 17.6 Å². The van der Waals surface area contributed by atoms with Crippen LogP contribution >= 0.6 is 0 Å². The van der Waals surface area contributed by atoms with Gasteiger partial charge in [0.05, 0.1) is 23.1 Å². The number of anilines is 2. The Kier molecular flexibility index (Phi) is 3.98. The lowest BCUT2D eigenvalue weighted by atomic mass is 9.75. The van der Waals surface area contributed by atoms with E-state index >= 15 is 0 Å². The smallest absolute Gasteiger partial charge is 0.324 e. The predicted molar refractivity (Wildman–Crippen MR) is 112 cm³/mol. The number of carbonyl (C=O) groups excluding carboxylic acids is 3. The molecule has 3 fully saturated rings.